The number of aliphatic hydroxyl groups is 1. The second-order valence-electron chi connectivity index (χ2n) is 9.81. The Balaban J connectivity index is 1.71. The second-order valence-corrected chi connectivity index (χ2v) is 11.7. The minimum Gasteiger partial charge on any atom is -0.466 e. The molecule has 0 aromatic heterocycles. The van der Waals surface area contributed by atoms with Crippen molar-refractivity contribution in [2.24, 2.45) is 11.8 Å². The number of aliphatic hydroxyl groups excluding tert-OH is 1. The molecular formula is C23H36N2O5S. The number of carbonyl (C=O) groups is 3. The van der Waals surface area contributed by atoms with Gasteiger partial charge in [-0.3, -0.25) is 14.4 Å². The Kier molecular flexibility index (Phi) is 6.34. The first kappa shape index (κ1) is 22.9. The normalized spacial score (nSPS) is 38.3. The van der Waals surface area contributed by atoms with Crippen LogP contribution in [0.25, 0.3) is 0 Å². The van der Waals surface area contributed by atoms with Crippen molar-refractivity contribution in [3.8, 4) is 0 Å². The Morgan fingerprint density at radius 1 is 1.26 bits per heavy atom. The summed E-state index contributed by atoms with van der Waals surface area (Å²) in [5.41, 5.74) is 0. The second kappa shape index (κ2) is 8.58. The lowest BCUT2D eigenvalue weighted by molar-refractivity contribution is -0.155. The van der Waals surface area contributed by atoms with E-state index in [1.54, 1.807) is 23.6 Å². The molecule has 3 heterocycles. The van der Waals surface area contributed by atoms with Crippen LogP contribution in [-0.4, -0.2) is 68.6 Å². The maximum atomic E-state index is 13.8. The van der Waals surface area contributed by atoms with E-state index in [9.17, 15) is 19.5 Å². The fourth-order valence-corrected chi connectivity index (χ4v) is 8.92. The third-order valence-electron chi connectivity index (χ3n) is 8.03. The zero-order valence-corrected chi connectivity index (χ0v) is 19.7. The average molecular weight is 453 g/mol. The number of nitrogens with one attached hydrogen (secondary N) is 1. The van der Waals surface area contributed by atoms with E-state index >= 15 is 0 Å². The van der Waals surface area contributed by atoms with Crippen molar-refractivity contribution in [2.75, 3.05) is 13.2 Å². The largest absolute Gasteiger partial charge is 0.466 e. The topological polar surface area (TPSA) is 95.9 Å². The van der Waals surface area contributed by atoms with Gasteiger partial charge in [0.25, 0.3) is 0 Å². The maximum absolute atomic E-state index is 13.8. The van der Waals surface area contributed by atoms with Crippen molar-refractivity contribution in [3.63, 3.8) is 0 Å². The number of amides is 2. The first-order chi connectivity index (χ1) is 14.8. The summed E-state index contributed by atoms with van der Waals surface area (Å²) in [6.07, 6.45) is 7.42. The molecule has 3 saturated heterocycles. The van der Waals surface area contributed by atoms with Crippen molar-refractivity contribution < 1.29 is 24.2 Å². The number of fused-ring (bicyclic) bond motifs is 1. The monoisotopic (exact) mass is 452 g/mol. The lowest BCUT2D eigenvalue weighted by Crippen LogP contribution is -2.58. The van der Waals surface area contributed by atoms with Gasteiger partial charge < -0.3 is 20.1 Å². The Morgan fingerprint density at radius 2 is 1.97 bits per heavy atom. The highest BCUT2D eigenvalue weighted by molar-refractivity contribution is 8.02. The van der Waals surface area contributed by atoms with Crippen molar-refractivity contribution in [2.45, 2.75) is 99.8 Å². The minimum atomic E-state index is -0.657. The third kappa shape index (κ3) is 3.48. The number of hydrogen-bond acceptors (Lipinski definition) is 6. The molecule has 174 valence electrons. The number of esters is 1. The molecule has 1 spiro atoms. The average Bonchev–Trinajstić information content (AvgIpc) is 3.31. The van der Waals surface area contributed by atoms with Crippen molar-refractivity contribution in [1.82, 2.24) is 10.2 Å². The molecule has 31 heavy (non-hydrogen) atoms. The Labute approximate surface area is 189 Å². The van der Waals surface area contributed by atoms with Gasteiger partial charge in [0.1, 0.15) is 6.04 Å². The van der Waals surface area contributed by atoms with Gasteiger partial charge in [0, 0.05) is 10.8 Å². The van der Waals surface area contributed by atoms with E-state index in [4.69, 9.17) is 4.74 Å². The highest BCUT2D eigenvalue weighted by Crippen LogP contribution is 2.71. The van der Waals surface area contributed by atoms with Crippen molar-refractivity contribution in [3.05, 3.63) is 0 Å². The van der Waals surface area contributed by atoms with E-state index in [0.717, 1.165) is 38.5 Å². The van der Waals surface area contributed by atoms with Crippen LogP contribution in [0, 0.1) is 11.8 Å². The number of ether oxygens (including phenoxy) is 1. The van der Waals surface area contributed by atoms with Gasteiger partial charge >= 0.3 is 5.97 Å². The smallest absolute Gasteiger partial charge is 0.311 e. The highest BCUT2D eigenvalue weighted by atomic mass is 32.2. The first-order valence-corrected chi connectivity index (χ1v) is 12.7. The van der Waals surface area contributed by atoms with E-state index in [0.29, 0.717) is 6.42 Å². The Morgan fingerprint density at radius 3 is 2.58 bits per heavy atom. The summed E-state index contributed by atoms with van der Waals surface area (Å²) < 4.78 is 4.36. The van der Waals surface area contributed by atoms with Gasteiger partial charge in [-0.05, 0) is 46.0 Å². The van der Waals surface area contributed by atoms with Gasteiger partial charge in [-0.15, -0.1) is 11.8 Å². The van der Waals surface area contributed by atoms with E-state index in [2.05, 4.69) is 5.32 Å². The molecule has 7 nitrogen and oxygen atoms in total. The molecule has 1 aliphatic carbocycles. The standard InChI is InChI=1S/C23H36N2O5S/c1-4-15(13-26)25-18(19(27)24-14-9-7-6-8-10-14)23-12-11-22(3,31-23)17(16(23)20(25)28)21(29)30-5-2/h14-18,26H,4-13H2,1-3H3,(H,24,27)/t15-,16-,17+,18?,22-,23?/m0/s1. The number of likely N-dealkylation sites (tertiary alicyclic amines) is 1. The molecule has 0 aromatic rings. The molecule has 4 aliphatic rings. The quantitative estimate of drug-likeness (QED) is 0.575. The summed E-state index contributed by atoms with van der Waals surface area (Å²) in [5, 5.41) is 13.3. The number of thioether (sulfide) groups is 1. The molecule has 0 radical (unpaired) electrons. The summed E-state index contributed by atoms with van der Waals surface area (Å²) in [6.45, 7) is 5.82. The van der Waals surface area contributed by atoms with Crippen molar-refractivity contribution in [1.29, 1.82) is 0 Å². The lowest BCUT2D eigenvalue weighted by Gasteiger charge is -2.38. The van der Waals surface area contributed by atoms with Crippen LogP contribution in [0.15, 0.2) is 0 Å². The van der Waals surface area contributed by atoms with Gasteiger partial charge in [-0.25, -0.2) is 0 Å². The third-order valence-corrected chi connectivity index (χ3v) is 10.0. The van der Waals surface area contributed by atoms with Crippen LogP contribution in [0.1, 0.15) is 72.1 Å². The predicted octanol–water partition coefficient (Wildman–Crippen LogP) is 2.25. The molecule has 4 rings (SSSR count). The number of rotatable bonds is 7. The highest BCUT2D eigenvalue weighted by Gasteiger charge is 2.77. The number of hydrogen-bond donors (Lipinski definition) is 2. The molecule has 3 aliphatic heterocycles. The summed E-state index contributed by atoms with van der Waals surface area (Å²) in [5.74, 6) is -1.74. The van der Waals surface area contributed by atoms with E-state index in [1.807, 2.05) is 13.8 Å². The fourth-order valence-electron chi connectivity index (χ4n) is 6.59. The molecule has 1 saturated carbocycles. The lowest BCUT2D eigenvalue weighted by atomic mass is 9.66. The molecule has 2 N–H and O–H groups in total. The van der Waals surface area contributed by atoms with E-state index in [-0.39, 0.29) is 37.0 Å². The maximum Gasteiger partial charge on any atom is 0.311 e. The van der Waals surface area contributed by atoms with Crippen LogP contribution in [0.4, 0.5) is 0 Å². The minimum absolute atomic E-state index is 0.115. The van der Waals surface area contributed by atoms with Gasteiger partial charge in [-0.2, -0.15) is 0 Å². The van der Waals surface area contributed by atoms with Crippen LogP contribution < -0.4 is 5.32 Å². The van der Waals surface area contributed by atoms with Crippen LogP contribution in [-0.2, 0) is 19.1 Å². The molecular weight excluding hydrogens is 416 g/mol. The van der Waals surface area contributed by atoms with Crippen LogP contribution in [0.5, 0.6) is 0 Å². The summed E-state index contributed by atoms with van der Waals surface area (Å²) >= 11 is 1.65. The van der Waals surface area contributed by atoms with Crippen LogP contribution >= 0.6 is 11.8 Å². The predicted molar refractivity (Wildman–Crippen MR) is 118 cm³/mol. The first-order valence-electron chi connectivity index (χ1n) is 11.9. The Hall–Kier alpha value is -1.28. The molecule has 2 amide bonds. The van der Waals surface area contributed by atoms with Crippen LogP contribution in [0.3, 0.4) is 0 Å². The summed E-state index contributed by atoms with van der Waals surface area (Å²) in [7, 11) is 0. The SMILES string of the molecule is CCOC(=O)[C@H]1[C@H]2C(=O)N([C@@H](CC)CO)C(C(=O)NC3CCCCC3)C23CC[C@]1(C)S3. The zero-order valence-electron chi connectivity index (χ0n) is 18.9. The number of nitrogens with zero attached hydrogens (tertiary/aromatic N) is 1. The molecule has 4 fully saturated rings. The molecule has 0 aromatic carbocycles. The number of carbonyl (C=O) groups excluding carboxylic acids is 3. The van der Waals surface area contributed by atoms with E-state index in [1.165, 1.54) is 6.42 Å². The summed E-state index contributed by atoms with van der Waals surface area (Å²) in [4.78, 5) is 42.1. The van der Waals surface area contributed by atoms with Crippen LogP contribution in [0.2, 0.25) is 0 Å². The van der Waals surface area contributed by atoms with Gasteiger partial charge in [0.15, 0.2) is 0 Å². The fraction of sp³-hybridized carbons (Fsp3) is 0.870. The van der Waals surface area contributed by atoms with Gasteiger partial charge in [0.2, 0.25) is 11.8 Å². The molecule has 6 atom stereocenters. The summed E-state index contributed by atoms with van der Waals surface area (Å²) in [6, 6.07) is -0.942. The molecule has 2 bridgehead atoms. The molecule has 2 unspecified atom stereocenters. The zero-order chi connectivity index (χ0) is 22.4. The molecule has 8 heteroatoms. The van der Waals surface area contributed by atoms with Crippen molar-refractivity contribution >= 4 is 29.5 Å². The van der Waals surface area contributed by atoms with E-state index < -0.39 is 33.4 Å². The Bertz CT molecular complexity index is 737. The van der Waals surface area contributed by atoms with Gasteiger partial charge in [-0.1, -0.05) is 26.2 Å². The van der Waals surface area contributed by atoms with Gasteiger partial charge in [0.05, 0.1) is 35.8 Å².